The van der Waals surface area contributed by atoms with Crippen LogP contribution in [0.5, 0.6) is 0 Å². The van der Waals surface area contributed by atoms with Gasteiger partial charge >= 0.3 is 5.97 Å². The van der Waals surface area contributed by atoms with E-state index < -0.39 is 12.3 Å². The van der Waals surface area contributed by atoms with Crippen molar-refractivity contribution in [2.45, 2.75) is 116 Å². The first-order chi connectivity index (χ1) is 12.5. The number of aliphatic carboxylic acids is 1. The van der Waals surface area contributed by atoms with Crippen LogP contribution in [0.3, 0.4) is 0 Å². The number of ether oxygens (including phenoxy) is 1. The average molecular weight is 375 g/mol. The molecule has 26 heavy (non-hydrogen) atoms. The van der Waals surface area contributed by atoms with Crippen LogP contribution in [-0.4, -0.2) is 40.8 Å². The van der Waals surface area contributed by atoms with Crippen molar-refractivity contribution in [1.29, 1.82) is 0 Å². The Morgan fingerprint density at radius 1 is 0.808 bits per heavy atom. The molecule has 0 saturated carbocycles. The lowest BCUT2D eigenvalue weighted by atomic mass is 9.90. The van der Waals surface area contributed by atoms with Gasteiger partial charge in [-0.05, 0) is 38.0 Å². The van der Waals surface area contributed by atoms with Gasteiger partial charge in [0.05, 0.1) is 6.10 Å². The lowest BCUT2D eigenvalue weighted by Gasteiger charge is -2.19. The third kappa shape index (κ3) is 16.8. The molecule has 0 aliphatic heterocycles. The Hall–Kier alpha value is -0.650. The van der Waals surface area contributed by atoms with Crippen LogP contribution in [-0.2, 0) is 9.53 Å². The minimum absolute atomic E-state index is 0.178. The van der Waals surface area contributed by atoms with E-state index in [0.29, 0.717) is 12.3 Å². The number of unbranched alkanes of at least 4 members (excludes halogenated alkanes) is 5. The molecule has 3 unspecified atom stereocenters. The van der Waals surface area contributed by atoms with Crippen LogP contribution in [0.15, 0.2) is 0 Å². The highest BCUT2D eigenvalue weighted by Gasteiger charge is 2.13. The van der Waals surface area contributed by atoms with E-state index in [0.717, 1.165) is 70.6 Å². The highest BCUT2D eigenvalue weighted by molar-refractivity contribution is 5.66. The molecule has 0 radical (unpaired) electrons. The third-order valence-corrected chi connectivity index (χ3v) is 5.14. The molecule has 0 heterocycles. The summed E-state index contributed by atoms with van der Waals surface area (Å²) >= 11 is 0. The summed E-state index contributed by atoms with van der Waals surface area (Å²) in [6.45, 7) is 2.17. The van der Waals surface area contributed by atoms with Gasteiger partial charge in [0, 0.05) is 13.5 Å². The molecule has 0 aromatic heterocycles. The minimum atomic E-state index is -0.714. The Labute approximate surface area is 160 Å². The smallest absolute Gasteiger partial charge is 0.303 e. The lowest BCUT2D eigenvalue weighted by molar-refractivity contribution is -0.137. The molecule has 0 spiro atoms. The van der Waals surface area contributed by atoms with Crippen LogP contribution in [0.1, 0.15) is 103 Å². The van der Waals surface area contributed by atoms with Gasteiger partial charge < -0.3 is 20.1 Å². The zero-order valence-corrected chi connectivity index (χ0v) is 17.0. The summed E-state index contributed by atoms with van der Waals surface area (Å²) in [6, 6.07) is 0. The Bertz CT molecular complexity index is 322. The monoisotopic (exact) mass is 374 g/mol. The molecule has 0 bridgehead atoms. The molecule has 0 rings (SSSR count). The maximum atomic E-state index is 10.5. The predicted molar refractivity (Wildman–Crippen MR) is 105 cm³/mol. The molecule has 156 valence electrons. The van der Waals surface area contributed by atoms with E-state index in [9.17, 15) is 15.0 Å². The lowest BCUT2D eigenvalue weighted by Crippen LogP contribution is -2.13. The van der Waals surface area contributed by atoms with E-state index in [2.05, 4.69) is 6.92 Å². The minimum Gasteiger partial charge on any atom is -0.481 e. The van der Waals surface area contributed by atoms with Gasteiger partial charge in [0.1, 0.15) is 0 Å². The largest absolute Gasteiger partial charge is 0.481 e. The topological polar surface area (TPSA) is 87.0 Å². The third-order valence-electron chi connectivity index (χ3n) is 5.14. The number of hydrogen-bond acceptors (Lipinski definition) is 4. The van der Waals surface area contributed by atoms with Crippen molar-refractivity contribution in [2.75, 3.05) is 7.11 Å². The molecular formula is C21H42O5. The summed E-state index contributed by atoms with van der Waals surface area (Å²) in [4.78, 5) is 10.5. The van der Waals surface area contributed by atoms with Crippen LogP contribution in [0.4, 0.5) is 0 Å². The summed E-state index contributed by atoms with van der Waals surface area (Å²) in [5, 5.41) is 28.3. The molecule has 5 heteroatoms. The van der Waals surface area contributed by atoms with E-state index in [1.54, 1.807) is 0 Å². The summed E-state index contributed by atoms with van der Waals surface area (Å²) in [5.41, 5.74) is 0. The van der Waals surface area contributed by atoms with Gasteiger partial charge in [0.25, 0.3) is 0 Å². The second-order valence-electron chi connectivity index (χ2n) is 7.56. The quantitative estimate of drug-likeness (QED) is 0.221. The number of aliphatic hydroxyl groups is 2. The standard InChI is InChI=1S/C21H42O5/c1-3-4-7-13-19(22)14-10-12-18(16-17-21(25)26-2)11-8-5-6-9-15-20(23)24/h18-19,21-22,25H,3-17H2,1-2H3,(H,23,24). The summed E-state index contributed by atoms with van der Waals surface area (Å²) in [5.74, 6) is -0.170. The number of methoxy groups -OCH3 is 1. The number of carboxylic acid groups (broad SMARTS) is 1. The van der Waals surface area contributed by atoms with Gasteiger partial charge in [0.2, 0.25) is 0 Å². The van der Waals surface area contributed by atoms with E-state index >= 15 is 0 Å². The van der Waals surface area contributed by atoms with E-state index in [1.165, 1.54) is 20.0 Å². The molecule has 0 aromatic carbocycles. The fourth-order valence-electron chi connectivity index (χ4n) is 3.41. The van der Waals surface area contributed by atoms with Crippen molar-refractivity contribution in [3.8, 4) is 0 Å². The summed E-state index contributed by atoms with van der Waals surface area (Å²) < 4.78 is 4.94. The molecule has 0 aliphatic rings. The van der Waals surface area contributed by atoms with Crippen molar-refractivity contribution in [3.63, 3.8) is 0 Å². The van der Waals surface area contributed by atoms with Crippen molar-refractivity contribution < 1.29 is 24.9 Å². The van der Waals surface area contributed by atoms with Crippen LogP contribution in [0.2, 0.25) is 0 Å². The molecule has 3 N–H and O–H groups in total. The SMILES string of the molecule is CCCCCC(O)CCCC(CCCCCCC(=O)O)CCC(O)OC. The van der Waals surface area contributed by atoms with Crippen molar-refractivity contribution in [2.24, 2.45) is 5.92 Å². The highest BCUT2D eigenvalue weighted by Crippen LogP contribution is 2.24. The molecule has 0 aromatic rings. The van der Waals surface area contributed by atoms with Crippen LogP contribution in [0, 0.1) is 5.92 Å². The van der Waals surface area contributed by atoms with Crippen LogP contribution >= 0.6 is 0 Å². The highest BCUT2D eigenvalue weighted by atomic mass is 16.6. The average Bonchev–Trinajstić information content (AvgIpc) is 2.61. The van der Waals surface area contributed by atoms with Gasteiger partial charge in [-0.1, -0.05) is 64.7 Å². The van der Waals surface area contributed by atoms with Crippen LogP contribution in [0.25, 0.3) is 0 Å². The Balaban J connectivity index is 3.99. The number of rotatable bonds is 19. The first kappa shape index (κ1) is 25.4. The van der Waals surface area contributed by atoms with Gasteiger partial charge in [0.15, 0.2) is 6.29 Å². The molecule has 3 atom stereocenters. The Morgan fingerprint density at radius 3 is 2.08 bits per heavy atom. The van der Waals surface area contributed by atoms with Crippen molar-refractivity contribution in [3.05, 3.63) is 0 Å². The first-order valence-electron chi connectivity index (χ1n) is 10.6. The number of hydrogen-bond donors (Lipinski definition) is 3. The maximum absolute atomic E-state index is 10.5. The Kier molecular flexibility index (Phi) is 17.3. The molecule has 0 aliphatic carbocycles. The van der Waals surface area contributed by atoms with Gasteiger partial charge in [-0.2, -0.15) is 0 Å². The van der Waals surface area contributed by atoms with Gasteiger partial charge in [-0.25, -0.2) is 0 Å². The summed E-state index contributed by atoms with van der Waals surface area (Å²) in [7, 11) is 1.52. The van der Waals surface area contributed by atoms with E-state index in [-0.39, 0.29) is 12.5 Å². The van der Waals surface area contributed by atoms with Crippen LogP contribution < -0.4 is 0 Å². The summed E-state index contributed by atoms with van der Waals surface area (Å²) in [6.07, 6.45) is 13.4. The molecule has 5 nitrogen and oxygen atoms in total. The number of carbonyl (C=O) groups is 1. The fraction of sp³-hybridized carbons (Fsp3) is 0.952. The van der Waals surface area contributed by atoms with E-state index in [1.807, 2.05) is 0 Å². The molecule has 0 amide bonds. The normalized spacial score (nSPS) is 14.9. The molecular weight excluding hydrogens is 332 g/mol. The van der Waals surface area contributed by atoms with Gasteiger partial charge in [-0.3, -0.25) is 4.79 Å². The zero-order chi connectivity index (χ0) is 19.6. The number of carboxylic acids is 1. The van der Waals surface area contributed by atoms with Crippen molar-refractivity contribution >= 4 is 5.97 Å². The van der Waals surface area contributed by atoms with Gasteiger partial charge in [-0.15, -0.1) is 0 Å². The first-order valence-corrected chi connectivity index (χ1v) is 10.6. The maximum Gasteiger partial charge on any atom is 0.303 e. The Morgan fingerprint density at radius 2 is 1.42 bits per heavy atom. The van der Waals surface area contributed by atoms with E-state index in [4.69, 9.17) is 9.84 Å². The second-order valence-corrected chi connectivity index (χ2v) is 7.56. The molecule has 0 saturated heterocycles. The second kappa shape index (κ2) is 17.7. The van der Waals surface area contributed by atoms with Crippen molar-refractivity contribution in [1.82, 2.24) is 0 Å². The fourth-order valence-corrected chi connectivity index (χ4v) is 3.41. The number of aliphatic hydroxyl groups excluding tert-OH is 2. The predicted octanol–water partition coefficient (Wildman–Crippen LogP) is 4.88. The molecule has 0 fully saturated rings. The zero-order valence-electron chi connectivity index (χ0n) is 17.0.